The number of unbranched alkanes of at least 4 members (excludes halogenated alkanes) is 20. The Labute approximate surface area is 557 Å². The third-order valence-corrected chi connectivity index (χ3v) is 15.5. The first-order chi connectivity index (χ1) is 44.8. The van der Waals surface area contributed by atoms with E-state index >= 15 is 0 Å². The topological polar surface area (TPSA) is 134 Å². The minimum Gasteiger partial charge on any atom is -0.462 e. The third kappa shape index (κ3) is 73.8. The molecule has 0 spiro atoms. The Bertz CT molecular complexity index is 2200. The molecular formula is C81H130NO8P. The van der Waals surface area contributed by atoms with Gasteiger partial charge in [-0.05, 0) is 141 Å². The summed E-state index contributed by atoms with van der Waals surface area (Å²) in [5, 5.41) is 0. The molecule has 3 N–H and O–H groups in total. The van der Waals surface area contributed by atoms with Crippen LogP contribution in [0.5, 0.6) is 0 Å². The number of allylic oxidation sites excluding steroid dienone is 32. The van der Waals surface area contributed by atoms with Gasteiger partial charge >= 0.3 is 19.8 Å². The first kappa shape index (κ1) is 85.8. The van der Waals surface area contributed by atoms with E-state index in [1.807, 2.05) is 0 Å². The van der Waals surface area contributed by atoms with Crippen LogP contribution >= 0.6 is 7.82 Å². The van der Waals surface area contributed by atoms with Crippen LogP contribution in [0.1, 0.15) is 271 Å². The highest BCUT2D eigenvalue weighted by Crippen LogP contribution is 2.43. The molecule has 0 radical (unpaired) electrons. The van der Waals surface area contributed by atoms with E-state index in [0.717, 1.165) is 161 Å². The lowest BCUT2D eigenvalue weighted by Gasteiger charge is -2.19. The van der Waals surface area contributed by atoms with Gasteiger partial charge in [-0.3, -0.25) is 18.6 Å². The Morgan fingerprint density at radius 1 is 0.330 bits per heavy atom. The maximum Gasteiger partial charge on any atom is 0.472 e. The fourth-order valence-electron chi connectivity index (χ4n) is 9.26. The highest BCUT2D eigenvalue weighted by molar-refractivity contribution is 7.47. The van der Waals surface area contributed by atoms with Gasteiger partial charge < -0.3 is 20.1 Å². The van der Waals surface area contributed by atoms with Crippen LogP contribution < -0.4 is 5.73 Å². The predicted molar refractivity (Wildman–Crippen MR) is 394 cm³/mol. The average Bonchev–Trinajstić information content (AvgIpc) is 3.74. The van der Waals surface area contributed by atoms with Gasteiger partial charge in [-0.15, -0.1) is 0 Å². The Hall–Kier alpha value is -5.15. The van der Waals surface area contributed by atoms with Gasteiger partial charge in [-0.25, -0.2) is 4.57 Å². The van der Waals surface area contributed by atoms with Gasteiger partial charge in [-0.2, -0.15) is 0 Å². The molecule has 0 aliphatic heterocycles. The molecule has 0 heterocycles. The van der Waals surface area contributed by atoms with Crippen LogP contribution in [0.25, 0.3) is 0 Å². The monoisotopic (exact) mass is 1280 g/mol. The molecule has 10 heteroatoms. The zero-order valence-electron chi connectivity index (χ0n) is 57.5. The molecule has 512 valence electrons. The highest BCUT2D eigenvalue weighted by Gasteiger charge is 2.26. The fraction of sp³-hybridized carbons (Fsp3) is 0.580. The van der Waals surface area contributed by atoms with Gasteiger partial charge in [0, 0.05) is 19.4 Å². The van der Waals surface area contributed by atoms with E-state index in [1.54, 1.807) is 0 Å². The minimum absolute atomic E-state index is 0.0406. The lowest BCUT2D eigenvalue weighted by atomic mass is 10.0. The highest BCUT2D eigenvalue weighted by atomic mass is 31.2. The van der Waals surface area contributed by atoms with Crippen LogP contribution in [0.15, 0.2) is 194 Å². The molecule has 0 rings (SSSR count). The van der Waals surface area contributed by atoms with Crippen LogP contribution in [0, 0.1) is 0 Å². The summed E-state index contributed by atoms with van der Waals surface area (Å²) in [5.41, 5.74) is 5.40. The van der Waals surface area contributed by atoms with Crippen molar-refractivity contribution in [3.05, 3.63) is 194 Å². The van der Waals surface area contributed by atoms with E-state index in [4.69, 9.17) is 24.3 Å². The van der Waals surface area contributed by atoms with E-state index in [-0.39, 0.29) is 32.6 Å². The Balaban J connectivity index is 3.98. The van der Waals surface area contributed by atoms with Crippen molar-refractivity contribution in [2.24, 2.45) is 5.73 Å². The normalized spacial score (nSPS) is 14.1. The molecular weight excluding hydrogens is 1150 g/mol. The molecule has 0 fully saturated rings. The lowest BCUT2D eigenvalue weighted by molar-refractivity contribution is -0.161. The molecule has 9 nitrogen and oxygen atoms in total. The number of carbonyl (C=O) groups excluding carboxylic acids is 2. The van der Waals surface area contributed by atoms with Crippen molar-refractivity contribution in [2.75, 3.05) is 26.4 Å². The number of rotatable bonds is 65. The van der Waals surface area contributed by atoms with Crippen molar-refractivity contribution < 1.29 is 37.6 Å². The summed E-state index contributed by atoms with van der Waals surface area (Å²) in [7, 11) is -4.41. The third-order valence-electron chi connectivity index (χ3n) is 14.5. The fourth-order valence-corrected chi connectivity index (χ4v) is 10.0. The molecule has 0 aromatic heterocycles. The second-order valence-electron chi connectivity index (χ2n) is 23.0. The lowest BCUT2D eigenvalue weighted by Crippen LogP contribution is -2.29. The predicted octanol–water partition coefficient (Wildman–Crippen LogP) is 24.1. The van der Waals surface area contributed by atoms with Gasteiger partial charge in [-0.1, -0.05) is 311 Å². The minimum atomic E-state index is -4.41. The summed E-state index contributed by atoms with van der Waals surface area (Å²) >= 11 is 0. The number of esters is 2. The summed E-state index contributed by atoms with van der Waals surface area (Å²) in [6, 6.07) is 0. The zero-order chi connectivity index (χ0) is 65.8. The second kappa shape index (κ2) is 73.9. The SMILES string of the molecule is CC/C=C\C/C=C\C/C=C\C/C=C\C/C=C\C/C=C\C/C=C\C/C=C\C/C=C\CCCCCCCC(=O)OC(COC(=O)CCCCCCCCCCCCCCCCC/C=C\C/C=C\C/C=C\C/C=C\C/C=C\C/C=C\C/C=C\CC)COP(=O)(O)OCCN. The second-order valence-corrected chi connectivity index (χ2v) is 24.4. The number of phosphoric ester groups is 1. The van der Waals surface area contributed by atoms with E-state index in [1.165, 1.54) is 77.0 Å². The number of ether oxygens (including phenoxy) is 2. The molecule has 0 saturated carbocycles. The number of hydrogen-bond donors (Lipinski definition) is 2. The summed E-state index contributed by atoms with van der Waals surface area (Å²) in [5.74, 6) is -0.859. The van der Waals surface area contributed by atoms with Crippen LogP contribution in [-0.2, 0) is 32.7 Å². The van der Waals surface area contributed by atoms with Crippen molar-refractivity contribution in [1.29, 1.82) is 0 Å². The van der Waals surface area contributed by atoms with Gasteiger partial charge in [0.1, 0.15) is 6.61 Å². The van der Waals surface area contributed by atoms with Crippen LogP contribution in [0.3, 0.4) is 0 Å². The van der Waals surface area contributed by atoms with E-state index in [2.05, 4.69) is 208 Å². The van der Waals surface area contributed by atoms with Crippen molar-refractivity contribution in [2.45, 2.75) is 277 Å². The summed E-state index contributed by atoms with van der Waals surface area (Å²) < 4.78 is 33.2. The summed E-state index contributed by atoms with van der Waals surface area (Å²) in [6.07, 6.45) is 112. The van der Waals surface area contributed by atoms with Gasteiger partial charge in [0.25, 0.3) is 0 Å². The molecule has 91 heavy (non-hydrogen) atoms. The van der Waals surface area contributed by atoms with Crippen molar-refractivity contribution in [3.63, 3.8) is 0 Å². The standard InChI is InChI=1S/C81H130NO8P/c1-3-5-7-9-11-13-15-17-19-21-23-25-27-29-31-33-35-37-38-39-40-42-43-45-47-49-51-53-55-57-59-61-63-65-67-69-71-73-80(83)87-77-79(78-89-91(85,86)88-76-75-82)90-81(84)74-72-70-68-66-64-62-60-58-56-54-52-50-48-46-44-41-36-34-32-30-28-26-24-22-20-18-16-14-12-10-8-6-4-2/h5-8,11-14,17-20,23-26,29-32,35-37,39-41,46,48,52,54,58,60,79H,3-4,9-10,15-16,21-22,27-28,33-34,38,42-45,47,49-51,53,55-57,59,61-78,82H2,1-2H3,(H,85,86)/b7-5-,8-6-,13-11-,14-12-,19-17-,20-18-,25-23-,26-24-,31-29-,32-30-,37-35-,40-39-,41-36-,48-46-,54-52-,60-58-. The van der Waals surface area contributed by atoms with Crippen molar-refractivity contribution in [3.8, 4) is 0 Å². The Kier molecular flexibility index (Phi) is 69.7. The Morgan fingerprint density at radius 3 is 0.846 bits per heavy atom. The molecule has 0 aromatic carbocycles. The average molecular weight is 1280 g/mol. The molecule has 0 bridgehead atoms. The van der Waals surface area contributed by atoms with E-state index in [9.17, 15) is 19.0 Å². The van der Waals surface area contributed by atoms with E-state index < -0.39 is 32.5 Å². The van der Waals surface area contributed by atoms with Gasteiger partial charge in [0.15, 0.2) is 6.10 Å². The van der Waals surface area contributed by atoms with Crippen LogP contribution in [-0.4, -0.2) is 49.3 Å². The first-order valence-electron chi connectivity index (χ1n) is 35.9. The summed E-state index contributed by atoms with van der Waals surface area (Å²) in [4.78, 5) is 35.4. The number of phosphoric acid groups is 1. The van der Waals surface area contributed by atoms with Crippen LogP contribution in [0.4, 0.5) is 0 Å². The number of carbonyl (C=O) groups is 2. The van der Waals surface area contributed by atoms with E-state index in [0.29, 0.717) is 6.42 Å². The molecule has 0 aromatic rings. The molecule has 0 amide bonds. The molecule has 0 aliphatic rings. The number of hydrogen-bond acceptors (Lipinski definition) is 8. The first-order valence-corrected chi connectivity index (χ1v) is 37.4. The number of nitrogens with two attached hydrogens (primary N) is 1. The maximum absolute atomic E-state index is 12.8. The van der Waals surface area contributed by atoms with Gasteiger partial charge in [0.05, 0.1) is 13.2 Å². The smallest absolute Gasteiger partial charge is 0.462 e. The van der Waals surface area contributed by atoms with Crippen molar-refractivity contribution >= 4 is 19.8 Å². The molecule has 0 saturated heterocycles. The molecule has 0 aliphatic carbocycles. The maximum atomic E-state index is 12.8. The largest absolute Gasteiger partial charge is 0.472 e. The summed E-state index contributed by atoms with van der Waals surface area (Å²) in [6.45, 7) is 3.48. The van der Waals surface area contributed by atoms with Gasteiger partial charge in [0.2, 0.25) is 0 Å². The Morgan fingerprint density at radius 2 is 0.571 bits per heavy atom. The quantitative estimate of drug-likeness (QED) is 0.0264. The zero-order valence-corrected chi connectivity index (χ0v) is 58.4. The molecule has 2 unspecified atom stereocenters. The molecule has 2 atom stereocenters. The van der Waals surface area contributed by atoms with Crippen LogP contribution in [0.2, 0.25) is 0 Å². The van der Waals surface area contributed by atoms with Crippen molar-refractivity contribution in [1.82, 2.24) is 0 Å².